The second kappa shape index (κ2) is 9.40. The van der Waals surface area contributed by atoms with Crippen molar-refractivity contribution in [2.75, 3.05) is 38.8 Å². The lowest BCUT2D eigenvalue weighted by molar-refractivity contribution is -0.135. The second-order valence-electron chi connectivity index (χ2n) is 6.95. The van der Waals surface area contributed by atoms with Crippen LogP contribution < -0.4 is 10.2 Å². The standard InChI is InChI=1S/C22H23N3O6/c1-23-20(28)19(18(27)13-26)24(2)21(29)16-5-3-14(4-6-16)15-7-9-17(10-8-15)25-11-12-31-22(25)30/h3-10,19,26H,11-13H2,1-2H3,(H,23,28). The van der Waals surface area contributed by atoms with E-state index in [1.54, 1.807) is 29.2 Å². The molecule has 0 spiro atoms. The molecule has 0 aromatic heterocycles. The molecule has 1 unspecified atom stereocenters. The molecule has 1 aliphatic rings. The fraction of sp³-hybridized carbons (Fsp3) is 0.273. The minimum absolute atomic E-state index is 0.294. The van der Waals surface area contributed by atoms with E-state index in [9.17, 15) is 19.2 Å². The molecule has 0 saturated carbocycles. The van der Waals surface area contributed by atoms with E-state index in [0.717, 1.165) is 21.7 Å². The number of nitrogens with zero attached hydrogens (tertiary/aromatic N) is 2. The van der Waals surface area contributed by atoms with Crippen molar-refractivity contribution in [3.05, 3.63) is 54.1 Å². The first-order valence-electron chi connectivity index (χ1n) is 9.64. The molecule has 3 amide bonds. The minimum Gasteiger partial charge on any atom is -0.447 e. The zero-order valence-electron chi connectivity index (χ0n) is 17.2. The van der Waals surface area contributed by atoms with Crippen molar-refractivity contribution >= 4 is 29.4 Å². The Morgan fingerprint density at radius 1 is 1.10 bits per heavy atom. The van der Waals surface area contributed by atoms with Crippen LogP contribution in [0.15, 0.2) is 48.5 Å². The quantitative estimate of drug-likeness (QED) is 0.641. The van der Waals surface area contributed by atoms with Gasteiger partial charge in [0.15, 0.2) is 11.8 Å². The number of rotatable bonds is 7. The maximum absolute atomic E-state index is 12.8. The summed E-state index contributed by atoms with van der Waals surface area (Å²) in [5.74, 6) is -1.97. The van der Waals surface area contributed by atoms with E-state index in [0.29, 0.717) is 18.7 Å². The summed E-state index contributed by atoms with van der Waals surface area (Å²) in [6.45, 7) is 0.0350. The Balaban J connectivity index is 1.76. The van der Waals surface area contributed by atoms with Crippen molar-refractivity contribution in [2.45, 2.75) is 6.04 Å². The fourth-order valence-electron chi connectivity index (χ4n) is 3.35. The molecule has 0 radical (unpaired) electrons. The number of ketones is 1. The van der Waals surface area contributed by atoms with Crippen LogP contribution in [-0.2, 0) is 14.3 Å². The molecule has 1 saturated heterocycles. The van der Waals surface area contributed by atoms with Gasteiger partial charge in [0, 0.05) is 25.3 Å². The van der Waals surface area contributed by atoms with E-state index < -0.39 is 30.2 Å². The van der Waals surface area contributed by atoms with Crippen molar-refractivity contribution in [1.29, 1.82) is 0 Å². The molecule has 31 heavy (non-hydrogen) atoms. The third-order valence-corrected chi connectivity index (χ3v) is 5.07. The fourth-order valence-corrected chi connectivity index (χ4v) is 3.35. The van der Waals surface area contributed by atoms with Crippen molar-refractivity contribution in [2.24, 2.45) is 0 Å². The van der Waals surface area contributed by atoms with Crippen LogP contribution in [0.25, 0.3) is 11.1 Å². The van der Waals surface area contributed by atoms with Gasteiger partial charge in [0.05, 0.1) is 6.54 Å². The molecule has 9 heteroatoms. The normalized spacial score (nSPS) is 14.0. The Bertz CT molecular complexity index is 971. The lowest BCUT2D eigenvalue weighted by Gasteiger charge is -2.25. The topological polar surface area (TPSA) is 116 Å². The number of nitrogens with one attached hydrogen (secondary N) is 1. The van der Waals surface area contributed by atoms with Crippen LogP contribution in [0.1, 0.15) is 10.4 Å². The molecule has 1 aliphatic heterocycles. The second-order valence-corrected chi connectivity index (χ2v) is 6.95. The predicted molar refractivity (Wildman–Crippen MR) is 113 cm³/mol. The number of hydrogen-bond acceptors (Lipinski definition) is 6. The highest BCUT2D eigenvalue weighted by molar-refractivity contribution is 6.10. The molecule has 2 aromatic carbocycles. The van der Waals surface area contributed by atoms with Gasteiger partial charge in [-0.05, 0) is 35.4 Å². The third-order valence-electron chi connectivity index (χ3n) is 5.07. The minimum atomic E-state index is -1.41. The van der Waals surface area contributed by atoms with Crippen LogP contribution >= 0.6 is 0 Å². The number of benzene rings is 2. The number of likely N-dealkylation sites (N-methyl/N-ethyl adjacent to an activating group) is 2. The van der Waals surface area contributed by atoms with Gasteiger partial charge in [-0.2, -0.15) is 0 Å². The monoisotopic (exact) mass is 425 g/mol. The zero-order chi connectivity index (χ0) is 22.5. The van der Waals surface area contributed by atoms with Gasteiger partial charge in [-0.3, -0.25) is 19.3 Å². The van der Waals surface area contributed by atoms with E-state index in [1.165, 1.54) is 14.1 Å². The highest BCUT2D eigenvalue weighted by Crippen LogP contribution is 2.25. The van der Waals surface area contributed by atoms with Gasteiger partial charge in [-0.1, -0.05) is 24.3 Å². The highest BCUT2D eigenvalue weighted by Gasteiger charge is 2.32. The molecule has 9 nitrogen and oxygen atoms in total. The van der Waals surface area contributed by atoms with Gasteiger partial charge < -0.3 is 20.1 Å². The Morgan fingerprint density at radius 2 is 1.68 bits per heavy atom. The number of aliphatic hydroxyl groups excluding tert-OH is 1. The van der Waals surface area contributed by atoms with Gasteiger partial charge in [-0.25, -0.2) is 4.79 Å². The third kappa shape index (κ3) is 4.56. The zero-order valence-corrected chi connectivity index (χ0v) is 17.2. The number of ether oxygens (including phenoxy) is 1. The molecule has 2 aromatic rings. The number of carbonyl (C=O) groups excluding carboxylic acids is 4. The summed E-state index contributed by atoms with van der Waals surface area (Å²) in [5.41, 5.74) is 2.78. The van der Waals surface area contributed by atoms with Crippen LogP contribution in [0, 0.1) is 0 Å². The Labute approximate surface area is 179 Å². The molecular weight excluding hydrogens is 402 g/mol. The van der Waals surface area contributed by atoms with E-state index in [-0.39, 0.29) is 6.09 Å². The lowest BCUT2D eigenvalue weighted by atomic mass is 10.0. The summed E-state index contributed by atoms with van der Waals surface area (Å²) in [5, 5.41) is 11.4. The molecule has 1 atom stereocenters. The lowest BCUT2D eigenvalue weighted by Crippen LogP contribution is -2.52. The Hall–Kier alpha value is -3.72. The molecular formula is C22H23N3O6. The predicted octanol–water partition coefficient (Wildman–Crippen LogP) is 1.06. The van der Waals surface area contributed by atoms with Crippen molar-refractivity contribution < 1.29 is 29.0 Å². The summed E-state index contributed by atoms with van der Waals surface area (Å²) < 4.78 is 4.94. The average Bonchev–Trinajstić information content (AvgIpc) is 3.24. The van der Waals surface area contributed by atoms with Gasteiger partial charge in [0.1, 0.15) is 13.2 Å². The number of carbonyl (C=O) groups is 4. The van der Waals surface area contributed by atoms with Crippen LogP contribution in [0.2, 0.25) is 0 Å². The van der Waals surface area contributed by atoms with Crippen LogP contribution in [0.5, 0.6) is 0 Å². The number of hydrogen-bond donors (Lipinski definition) is 2. The maximum Gasteiger partial charge on any atom is 0.414 e. The first-order chi connectivity index (χ1) is 14.9. The van der Waals surface area contributed by atoms with Crippen molar-refractivity contribution in [1.82, 2.24) is 10.2 Å². The number of aliphatic hydroxyl groups is 1. The first-order valence-corrected chi connectivity index (χ1v) is 9.64. The van der Waals surface area contributed by atoms with Gasteiger partial charge >= 0.3 is 6.09 Å². The molecule has 0 bridgehead atoms. The molecule has 0 aliphatic carbocycles. The molecule has 2 N–H and O–H groups in total. The summed E-state index contributed by atoms with van der Waals surface area (Å²) in [6.07, 6.45) is -0.366. The largest absolute Gasteiger partial charge is 0.447 e. The van der Waals surface area contributed by atoms with Crippen LogP contribution in [0.4, 0.5) is 10.5 Å². The smallest absolute Gasteiger partial charge is 0.414 e. The average molecular weight is 425 g/mol. The van der Waals surface area contributed by atoms with E-state index >= 15 is 0 Å². The van der Waals surface area contributed by atoms with E-state index in [1.807, 2.05) is 24.3 Å². The number of anilines is 1. The Kier molecular flexibility index (Phi) is 6.66. The molecule has 1 fully saturated rings. The molecule has 1 heterocycles. The van der Waals surface area contributed by atoms with E-state index in [4.69, 9.17) is 9.84 Å². The Morgan fingerprint density at radius 3 is 2.16 bits per heavy atom. The summed E-state index contributed by atoms with van der Waals surface area (Å²) in [6, 6.07) is 12.7. The number of amides is 3. The highest BCUT2D eigenvalue weighted by atomic mass is 16.6. The maximum atomic E-state index is 12.8. The van der Waals surface area contributed by atoms with Gasteiger partial charge in [0.2, 0.25) is 5.91 Å². The van der Waals surface area contributed by atoms with Crippen molar-refractivity contribution in [3.8, 4) is 11.1 Å². The van der Waals surface area contributed by atoms with Crippen LogP contribution in [0.3, 0.4) is 0 Å². The molecule has 162 valence electrons. The summed E-state index contributed by atoms with van der Waals surface area (Å²) in [7, 11) is 2.69. The van der Waals surface area contributed by atoms with Crippen LogP contribution in [-0.4, -0.2) is 73.6 Å². The molecule has 3 rings (SSSR count). The SMILES string of the molecule is CNC(=O)C(C(=O)CO)N(C)C(=O)c1ccc(-c2ccc(N3CCOC3=O)cc2)cc1. The summed E-state index contributed by atoms with van der Waals surface area (Å²) >= 11 is 0. The number of Topliss-reactive ketones (excluding diaryl/α,β-unsaturated/α-hetero) is 1. The van der Waals surface area contributed by atoms with E-state index in [2.05, 4.69) is 5.32 Å². The van der Waals surface area contributed by atoms with Gasteiger partial charge in [0.25, 0.3) is 5.91 Å². The first kappa shape index (κ1) is 22.0. The van der Waals surface area contributed by atoms with Crippen molar-refractivity contribution in [3.63, 3.8) is 0 Å². The van der Waals surface area contributed by atoms with Gasteiger partial charge in [-0.15, -0.1) is 0 Å². The number of cyclic esters (lactones) is 1. The summed E-state index contributed by atoms with van der Waals surface area (Å²) in [4.78, 5) is 50.9.